The van der Waals surface area contributed by atoms with Crippen molar-refractivity contribution in [2.45, 2.75) is 65.3 Å². The Balaban J connectivity index is 1.39. The number of hydrogen-bond donors (Lipinski definition) is 0. The molecule has 1 atom stereocenters. The lowest BCUT2D eigenvalue weighted by atomic mass is 9.86. The number of fused-ring (bicyclic) bond motifs is 1. The molecular formula is C19H30N6O. The molecule has 0 N–H and O–H groups in total. The van der Waals surface area contributed by atoms with E-state index < -0.39 is 0 Å². The predicted octanol–water partition coefficient (Wildman–Crippen LogP) is 2.08. The number of aryl methyl sites for hydroxylation is 2. The average Bonchev–Trinajstić information content (AvgIpc) is 3.03. The minimum absolute atomic E-state index is 0.430. The normalized spacial score (nSPS) is 21.4. The summed E-state index contributed by atoms with van der Waals surface area (Å²) in [6.45, 7) is 8.61. The standard InChI is InChI=1S/C19H30N6O/c1-14-9-17(23(3)22-14)11-24-7-8-25-18(10-15(24)2)20-21-19(25)13-26-12-16-5-4-6-16/h9,15-16H,4-8,10-13H2,1-3H3/t15-/m0/s1. The van der Waals surface area contributed by atoms with Crippen LogP contribution in [-0.2, 0) is 37.9 Å². The number of aromatic nitrogens is 5. The molecule has 7 heteroatoms. The summed E-state index contributed by atoms with van der Waals surface area (Å²) in [5, 5.41) is 13.3. The topological polar surface area (TPSA) is 61.0 Å². The van der Waals surface area contributed by atoms with E-state index in [0.717, 1.165) is 55.9 Å². The maximum Gasteiger partial charge on any atom is 0.159 e. The van der Waals surface area contributed by atoms with Crippen LogP contribution in [0.1, 0.15) is 49.2 Å². The fraction of sp³-hybridized carbons (Fsp3) is 0.737. The monoisotopic (exact) mass is 358 g/mol. The molecule has 3 heterocycles. The summed E-state index contributed by atoms with van der Waals surface area (Å²) in [6.07, 6.45) is 4.92. The van der Waals surface area contributed by atoms with Gasteiger partial charge in [0.1, 0.15) is 12.4 Å². The first-order valence-electron chi connectivity index (χ1n) is 9.82. The van der Waals surface area contributed by atoms with Crippen molar-refractivity contribution in [1.29, 1.82) is 0 Å². The summed E-state index contributed by atoms with van der Waals surface area (Å²) in [6, 6.07) is 2.61. The van der Waals surface area contributed by atoms with Crippen molar-refractivity contribution in [2.75, 3.05) is 13.2 Å². The Kier molecular flexibility index (Phi) is 5.09. The molecule has 1 fully saturated rings. The molecule has 1 aliphatic heterocycles. The molecule has 0 bridgehead atoms. The molecule has 7 nitrogen and oxygen atoms in total. The van der Waals surface area contributed by atoms with E-state index in [1.165, 1.54) is 25.0 Å². The first kappa shape index (κ1) is 17.7. The summed E-state index contributed by atoms with van der Waals surface area (Å²) < 4.78 is 10.2. The minimum Gasteiger partial charge on any atom is -0.373 e. The molecule has 4 rings (SSSR count). The highest BCUT2D eigenvalue weighted by atomic mass is 16.5. The number of hydrogen-bond acceptors (Lipinski definition) is 5. The van der Waals surface area contributed by atoms with Crippen molar-refractivity contribution in [3.05, 3.63) is 29.1 Å². The largest absolute Gasteiger partial charge is 0.373 e. The second-order valence-electron chi connectivity index (χ2n) is 7.92. The Bertz CT molecular complexity index is 747. The lowest BCUT2D eigenvalue weighted by molar-refractivity contribution is 0.0542. The van der Waals surface area contributed by atoms with Gasteiger partial charge in [0.2, 0.25) is 0 Å². The van der Waals surface area contributed by atoms with Gasteiger partial charge in [-0.3, -0.25) is 9.58 Å². The van der Waals surface area contributed by atoms with E-state index in [1.807, 2.05) is 18.7 Å². The van der Waals surface area contributed by atoms with E-state index >= 15 is 0 Å². The van der Waals surface area contributed by atoms with Crippen LogP contribution in [0.3, 0.4) is 0 Å². The van der Waals surface area contributed by atoms with Crippen molar-refractivity contribution >= 4 is 0 Å². The van der Waals surface area contributed by atoms with Crippen molar-refractivity contribution in [2.24, 2.45) is 13.0 Å². The van der Waals surface area contributed by atoms with Crippen LogP contribution >= 0.6 is 0 Å². The molecule has 2 aromatic rings. The van der Waals surface area contributed by atoms with E-state index in [9.17, 15) is 0 Å². The Morgan fingerprint density at radius 2 is 2.08 bits per heavy atom. The zero-order chi connectivity index (χ0) is 18.1. The molecule has 142 valence electrons. The molecule has 2 aliphatic rings. The Morgan fingerprint density at radius 1 is 1.23 bits per heavy atom. The summed E-state index contributed by atoms with van der Waals surface area (Å²) >= 11 is 0. The van der Waals surface area contributed by atoms with Crippen LogP contribution in [0.5, 0.6) is 0 Å². The van der Waals surface area contributed by atoms with Gasteiger partial charge in [0.25, 0.3) is 0 Å². The van der Waals surface area contributed by atoms with Gasteiger partial charge in [-0.25, -0.2) is 0 Å². The maximum absolute atomic E-state index is 5.91. The maximum atomic E-state index is 5.91. The van der Waals surface area contributed by atoms with Crippen molar-refractivity contribution < 1.29 is 4.74 Å². The third-order valence-electron chi connectivity index (χ3n) is 5.89. The molecule has 0 unspecified atom stereocenters. The van der Waals surface area contributed by atoms with Crippen LogP contribution < -0.4 is 0 Å². The number of rotatable bonds is 6. The molecule has 0 amide bonds. The number of ether oxygens (including phenoxy) is 1. The van der Waals surface area contributed by atoms with Gasteiger partial charge in [-0.15, -0.1) is 10.2 Å². The Hall–Kier alpha value is -1.73. The first-order valence-corrected chi connectivity index (χ1v) is 9.82. The van der Waals surface area contributed by atoms with E-state index in [2.05, 4.69) is 37.8 Å². The lowest BCUT2D eigenvalue weighted by Gasteiger charge is -2.26. The van der Waals surface area contributed by atoms with Crippen LogP contribution in [0.15, 0.2) is 6.07 Å². The highest BCUT2D eigenvalue weighted by Crippen LogP contribution is 2.26. The minimum atomic E-state index is 0.430. The average molecular weight is 358 g/mol. The van der Waals surface area contributed by atoms with E-state index in [-0.39, 0.29) is 0 Å². The van der Waals surface area contributed by atoms with Gasteiger partial charge in [0.15, 0.2) is 5.82 Å². The third kappa shape index (κ3) is 3.69. The summed E-state index contributed by atoms with van der Waals surface area (Å²) in [7, 11) is 2.03. The Labute approximate surface area is 155 Å². The van der Waals surface area contributed by atoms with Gasteiger partial charge in [-0.05, 0) is 38.7 Å². The Morgan fingerprint density at radius 3 is 2.77 bits per heavy atom. The molecule has 1 aliphatic carbocycles. The van der Waals surface area contributed by atoms with Gasteiger partial charge in [0.05, 0.1) is 11.4 Å². The highest BCUT2D eigenvalue weighted by molar-refractivity contribution is 5.09. The molecule has 1 saturated carbocycles. The molecule has 0 radical (unpaired) electrons. The lowest BCUT2D eigenvalue weighted by Crippen LogP contribution is -2.35. The number of nitrogens with zero attached hydrogens (tertiary/aromatic N) is 6. The van der Waals surface area contributed by atoms with Gasteiger partial charge in [-0.1, -0.05) is 6.42 Å². The van der Waals surface area contributed by atoms with Gasteiger partial charge in [0, 0.05) is 45.8 Å². The fourth-order valence-electron chi connectivity index (χ4n) is 3.96. The molecule has 26 heavy (non-hydrogen) atoms. The van der Waals surface area contributed by atoms with Crippen molar-refractivity contribution in [3.63, 3.8) is 0 Å². The second kappa shape index (κ2) is 7.48. The fourth-order valence-corrected chi connectivity index (χ4v) is 3.96. The van der Waals surface area contributed by atoms with Gasteiger partial charge in [-0.2, -0.15) is 5.10 Å². The second-order valence-corrected chi connectivity index (χ2v) is 7.92. The third-order valence-corrected chi connectivity index (χ3v) is 5.89. The predicted molar refractivity (Wildman–Crippen MR) is 98.5 cm³/mol. The molecule has 0 spiro atoms. The molecule has 0 saturated heterocycles. The summed E-state index contributed by atoms with van der Waals surface area (Å²) in [4.78, 5) is 2.52. The van der Waals surface area contributed by atoms with Crippen LogP contribution in [0.4, 0.5) is 0 Å². The van der Waals surface area contributed by atoms with Crippen molar-refractivity contribution in [3.8, 4) is 0 Å². The zero-order valence-electron chi connectivity index (χ0n) is 16.2. The summed E-state index contributed by atoms with van der Waals surface area (Å²) in [5.74, 6) is 2.83. The van der Waals surface area contributed by atoms with Gasteiger partial charge >= 0.3 is 0 Å². The zero-order valence-corrected chi connectivity index (χ0v) is 16.2. The van der Waals surface area contributed by atoms with E-state index in [1.54, 1.807) is 0 Å². The quantitative estimate of drug-likeness (QED) is 0.791. The van der Waals surface area contributed by atoms with Crippen LogP contribution in [0.25, 0.3) is 0 Å². The summed E-state index contributed by atoms with van der Waals surface area (Å²) in [5.41, 5.74) is 2.34. The van der Waals surface area contributed by atoms with Crippen LogP contribution in [-0.4, -0.2) is 48.6 Å². The van der Waals surface area contributed by atoms with Gasteiger partial charge < -0.3 is 9.30 Å². The highest BCUT2D eigenvalue weighted by Gasteiger charge is 2.25. The molecular weight excluding hydrogens is 328 g/mol. The van der Waals surface area contributed by atoms with Crippen molar-refractivity contribution in [1.82, 2.24) is 29.4 Å². The first-order chi connectivity index (χ1) is 12.6. The van der Waals surface area contributed by atoms with E-state index in [4.69, 9.17) is 4.74 Å². The van der Waals surface area contributed by atoms with Crippen LogP contribution in [0, 0.1) is 12.8 Å². The molecule has 2 aromatic heterocycles. The van der Waals surface area contributed by atoms with Crippen LogP contribution in [0.2, 0.25) is 0 Å². The van der Waals surface area contributed by atoms with E-state index in [0.29, 0.717) is 12.6 Å². The SMILES string of the molecule is Cc1cc(CN2CCn3c(COCC4CCC4)nnc3C[C@@H]2C)n(C)n1. The molecule has 0 aromatic carbocycles. The smallest absolute Gasteiger partial charge is 0.159 e.